The number of halogens is 1. The van der Waals surface area contributed by atoms with E-state index in [0.29, 0.717) is 17.0 Å². The van der Waals surface area contributed by atoms with Crippen LogP contribution in [0.5, 0.6) is 0 Å². The molecule has 1 aromatic carbocycles. The standard InChI is InChI=1S/C17H19ClN4O3S/c1-11-15(9-19-20-17(23)14-5-3-4-6-16(14)18)12(2)22(21-11)13-7-8-26(24,25)10-13/h3-6,9,13H,7-8,10H2,1-2H3,(H,20,23)/b19-9-/t13-/m0/s1. The summed E-state index contributed by atoms with van der Waals surface area (Å²) in [5.74, 6) is -0.112. The van der Waals surface area contributed by atoms with E-state index in [9.17, 15) is 13.2 Å². The van der Waals surface area contributed by atoms with Crippen LogP contribution in [0, 0.1) is 13.8 Å². The van der Waals surface area contributed by atoms with Gasteiger partial charge in [-0.1, -0.05) is 23.7 Å². The zero-order valence-corrected chi connectivity index (χ0v) is 16.0. The van der Waals surface area contributed by atoms with Crippen molar-refractivity contribution in [1.29, 1.82) is 0 Å². The van der Waals surface area contributed by atoms with Crippen LogP contribution in [-0.2, 0) is 9.84 Å². The maximum atomic E-state index is 12.1. The predicted molar refractivity (Wildman–Crippen MR) is 101 cm³/mol. The van der Waals surface area contributed by atoms with Crippen LogP contribution in [0.3, 0.4) is 0 Å². The number of aryl methyl sites for hydroxylation is 1. The van der Waals surface area contributed by atoms with E-state index in [1.165, 1.54) is 6.21 Å². The van der Waals surface area contributed by atoms with Crippen molar-refractivity contribution in [2.45, 2.75) is 26.3 Å². The molecule has 1 aliphatic heterocycles. The number of rotatable bonds is 4. The highest BCUT2D eigenvalue weighted by Crippen LogP contribution is 2.26. The molecular formula is C17H19ClN4O3S. The molecule has 0 saturated carbocycles. The van der Waals surface area contributed by atoms with Crippen LogP contribution in [0.25, 0.3) is 0 Å². The average molecular weight is 395 g/mol. The molecule has 1 aliphatic rings. The van der Waals surface area contributed by atoms with Gasteiger partial charge in [-0.3, -0.25) is 9.48 Å². The predicted octanol–water partition coefficient (Wildman–Crippen LogP) is 2.28. The van der Waals surface area contributed by atoms with Gasteiger partial charge >= 0.3 is 0 Å². The fraction of sp³-hybridized carbons (Fsp3) is 0.353. The lowest BCUT2D eigenvalue weighted by atomic mass is 10.2. The van der Waals surface area contributed by atoms with Crippen LogP contribution in [0.2, 0.25) is 5.02 Å². The van der Waals surface area contributed by atoms with Crippen LogP contribution in [0.15, 0.2) is 29.4 Å². The number of hydrogen-bond donors (Lipinski definition) is 1. The van der Waals surface area contributed by atoms with E-state index < -0.39 is 15.7 Å². The number of sulfone groups is 1. The van der Waals surface area contributed by atoms with Crippen molar-refractivity contribution in [3.05, 3.63) is 51.8 Å². The van der Waals surface area contributed by atoms with E-state index in [0.717, 1.165) is 17.0 Å². The molecule has 1 saturated heterocycles. The normalized spacial score (nSPS) is 19.1. The molecule has 0 bridgehead atoms. The van der Waals surface area contributed by atoms with Gasteiger partial charge in [-0.25, -0.2) is 13.8 Å². The van der Waals surface area contributed by atoms with Crippen molar-refractivity contribution < 1.29 is 13.2 Å². The van der Waals surface area contributed by atoms with Gasteiger partial charge in [0, 0.05) is 11.3 Å². The monoisotopic (exact) mass is 394 g/mol. The van der Waals surface area contributed by atoms with Crippen LogP contribution in [-0.4, -0.2) is 41.8 Å². The topological polar surface area (TPSA) is 93.4 Å². The first-order valence-corrected chi connectivity index (χ1v) is 10.3. The Hall–Kier alpha value is -2.19. The minimum Gasteiger partial charge on any atom is -0.267 e. The summed E-state index contributed by atoms with van der Waals surface area (Å²) >= 11 is 5.99. The number of aromatic nitrogens is 2. The maximum Gasteiger partial charge on any atom is 0.272 e. The van der Waals surface area contributed by atoms with Gasteiger partial charge in [0.15, 0.2) is 9.84 Å². The van der Waals surface area contributed by atoms with E-state index in [2.05, 4.69) is 15.6 Å². The molecule has 1 N–H and O–H groups in total. The second-order valence-electron chi connectivity index (χ2n) is 6.26. The second kappa shape index (κ2) is 7.20. The first-order valence-electron chi connectivity index (χ1n) is 8.12. The molecule has 1 atom stereocenters. The number of carbonyl (C=O) groups excluding carboxylic acids is 1. The SMILES string of the molecule is Cc1nn([C@H]2CCS(=O)(=O)C2)c(C)c1/C=N\NC(=O)c1ccccc1Cl. The number of amides is 1. The molecule has 0 spiro atoms. The smallest absolute Gasteiger partial charge is 0.267 e. The lowest BCUT2D eigenvalue weighted by molar-refractivity contribution is 0.0955. The highest BCUT2D eigenvalue weighted by Gasteiger charge is 2.31. The minimum absolute atomic E-state index is 0.106. The number of benzene rings is 1. The van der Waals surface area contributed by atoms with Gasteiger partial charge in [0.1, 0.15) is 0 Å². The lowest BCUT2D eigenvalue weighted by Crippen LogP contribution is -2.18. The van der Waals surface area contributed by atoms with Crippen molar-refractivity contribution >= 4 is 33.6 Å². The van der Waals surface area contributed by atoms with E-state index >= 15 is 0 Å². The fourth-order valence-corrected chi connectivity index (χ4v) is 4.96. The lowest BCUT2D eigenvalue weighted by Gasteiger charge is -2.10. The average Bonchev–Trinajstić information content (AvgIpc) is 3.08. The van der Waals surface area contributed by atoms with Gasteiger partial charge in [-0.05, 0) is 32.4 Å². The Balaban J connectivity index is 1.75. The van der Waals surface area contributed by atoms with Gasteiger partial charge in [-0.15, -0.1) is 0 Å². The quantitative estimate of drug-likeness (QED) is 0.635. The van der Waals surface area contributed by atoms with Crippen molar-refractivity contribution in [2.75, 3.05) is 11.5 Å². The molecule has 3 rings (SSSR count). The van der Waals surface area contributed by atoms with Gasteiger partial charge in [0.05, 0.1) is 40.0 Å². The van der Waals surface area contributed by atoms with Crippen LogP contribution in [0.4, 0.5) is 0 Å². The zero-order chi connectivity index (χ0) is 18.9. The number of nitrogens with one attached hydrogen (secondary N) is 1. The van der Waals surface area contributed by atoms with Crippen molar-refractivity contribution in [2.24, 2.45) is 5.10 Å². The molecule has 0 unspecified atom stereocenters. The van der Waals surface area contributed by atoms with Crippen LogP contribution in [0.1, 0.15) is 39.8 Å². The molecule has 9 heteroatoms. The fourth-order valence-electron chi connectivity index (χ4n) is 3.05. The first-order chi connectivity index (χ1) is 12.3. The molecule has 0 radical (unpaired) electrons. The maximum absolute atomic E-state index is 12.1. The van der Waals surface area contributed by atoms with Crippen molar-refractivity contribution in [3.63, 3.8) is 0 Å². The molecule has 138 valence electrons. The minimum atomic E-state index is -2.99. The summed E-state index contributed by atoms with van der Waals surface area (Å²) in [5.41, 5.74) is 5.09. The second-order valence-corrected chi connectivity index (χ2v) is 8.90. The summed E-state index contributed by atoms with van der Waals surface area (Å²) in [4.78, 5) is 12.1. The van der Waals surface area contributed by atoms with E-state index in [4.69, 9.17) is 11.6 Å². The highest BCUT2D eigenvalue weighted by molar-refractivity contribution is 7.91. The first kappa shape index (κ1) is 18.6. The molecule has 1 aromatic heterocycles. The Morgan fingerprint density at radius 3 is 2.77 bits per heavy atom. The molecular weight excluding hydrogens is 376 g/mol. The zero-order valence-electron chi connectivity index (χ0n) is 14.4. The Morgan fingerprint density at radius 1 is 1.38 bits per heavy atom. The summed E-state index contributed by atoms with van der Waals surface area (Å²) in [6, 6.07) is 6.56. The summed E-state index contributed by atoms with van der Waals surface area (Å²) in [7, 11) is -2.99. The van der Waals surface area contributed by atoms with E-state index in [1.807, 2.05) is 13.8 Å². The highest BCUT2D eigenvalue weighted by atomic mass is 35.5. The van der Waals surface area contributed by atoms with Gasteiger partial charge in [-0.2, -0.15) is 10.2 Å². The Labute approximate surface area is 157 Å². The Kier molecular flexibility index (Phi) is 5.15. The third kappa shape index (κ3) is 3.81. The summed E-state index contributed by atoms with van der Waals surface area (Å²) < 4.78 is 25.1. The molecule has 2 heterocycles. The summed E-state index contributed by atoms with van der Waals surface area (Å²) in [6.07, 6.45) is 2.08. The van der Waals surface area contributed by atoms with Crippen molar-refractivity contribution in [3.8, 4) is 0 Å². The number of hydrogen-bond acceptors (Lipinski definition) is 5. The van der Waals surface area contributed by atoms with Crippen LogP contribution >= 0.6 is 11.6 Å². The molecule has 1 amide bonds. The van der Waals surface area contributed by atoms with E-state index in [-0.39, 0.29) is 17.5 Å². The van der Waals surface area contributed by atoms with Crippen LogP contribution < -0.4 is 5.43 Å². The van der Waals surface area contributed by atoms with Gasteiger partial charge in [0.25, 0.3) is 5.91 Å². The Morgan fingerprint density at radius 2 is 2.12 bits per heavy atom. The molecule has 26 heavy (non-hydrogen) atoms. The third-order valence-corrected chi connectivity index (χ3v) is 6.49. The van der Waals surface area contributed by atoms with E-state index in [1.54, 1.807) is 28.9 Å². The van der Waals surface area contributed by atoms with Gasteiger partial charge < -0.3 is 0 Å². The number of hydrazone groups is 1. The largest absolute Gasteiger partial charge is 0.272 e. The molecule has 1 fully saturated rings. The summed E-state index contributed by atoms with van der Waals surface area (Å²) in [5, 5.41) is 8.80. The molecule has 0 aliphatic carbocycles. The number of carbonyl (C=O) groups is 1. The number of nitrogens with zero attached hydrogens (tertiary/aromatic N) is 3. The summed E-state index contributed by atoms with van der Waals surface area (Å²) in [6.45, 7) is 3.69. The van der Waals surface area contributed by atoms with Crippen molar-refractivity contribution in [1.82, 2.24) is 15.2 Å². The third-order valence-electron chi connectivity index (χ3n) is 4.41. The van der Waals surface area contributed by atoms with Gasteiger partial charge in [0.2, 0.25) is 0 Å². The molecule has 2 aromatic rings. The molecule has 7 nitrogen and oxygen atoms in total. The Bertz CT molecular complexity index is 982.